The first kappa shape index (κ1) is 14.6. The Hall–Kier alpha value is -2.34. The highest BCUT2D eigenvalue weighted by atomic mass is 16.8. The summed E-state index contributed by atoms with van der Waals surface area (Å²) in [6, 6.07) is 11.4. The summed E-state index contributed by atoms with van der Waals surface area (Å²) >= 11 is 0. The van der Waals surface area contributed by atoms with Crippen molar-refractivity contribution in [2.24, 2.45) is 0 Å². The van der Waals surface area contributed by atoms with Crippen LogP contribution in [0.3, 0.4) is 0 Å². The van der Waals surface area contributed by atoms with Gasteiger partial charge in [-0.25, -0.2) is 5.21 Å². The normalized spacial score (nSPS) is 12.5. The van der Waals surface area contributed by atoms with Gasteiger partial charge in [-0.2, -0.15) is 5.23 Å². The minimum absolute atomic E-state index is 0.186. The van der Waals surface area contributed by atoms with E-state index in [1.54, 1.807) is 12.1 Å². The Morgan fingerprint density at radius 1 is 1.14 bits per heavy atom. The molecular formula is C17H18N2O3. The van der Waals surface area contributed by atoms with Gasteiger partial charge in [-0.15, -0.1) is 0 Å². The summed E-state index contributed by atoms with van der Waals surface area (Å²) in [5, 5.41) is 19.8. The lowest BCUT2D eigenvalue weighted by Crippen LogP contribution is -2.99. The first-order chi connectivity index (χ1) is 10.6. The number of pyridine rings is 1. The second kappa shape index (κ2) is 5.81. The monoisotopic (exact) mass is 298 g/mol. The molecule has 0 fully saturated rings. The number of fused-ring (bicyclic) bond motifs is 1. The Kier molecular flexibility index (Phi) is 3.85. The molecule has 0 saturated heterocycles. The molecule has 0 amide bonds. The van der Waals surface area contributed by atoms with Crippen LogP contribution in [0.15, 0.2) is 48.8 Å². The van der Waals surface area contributed by atoms with Crippen LogP contribution in [-0.4, -0.2) is 16.2 Å². The van der Waals surface area contributed by atoms with E-state index in [2.05, 4.69) is 6.07 Å². The number of aryl methyl sites for hydroxylation is 1. The molecule has 2 heterocycles. The van der Waals surface area contributed by atoms with Crippen LogP contribution < -0.4 is 9.96 Å². The number of nitrogens with one attached hydrogen (secondary N) is 1. The largest absolute Gasteiger partial charge is 0.595 e. The molecule has 0 spiro atoms. The maximum Gasteiger partial charge on any atom is 0.206 e. The van der Waals surface area contributed by atoms with E-state index in [1.807, 2.05) is 48.8 Å². The molecule has 3 rings (SSSR count). The van der Waals surface area contributed by atoms with Gasteiger partial charge in [0.2, 0.25) is 5.69 Å². The lowest BCUT2D eigenvalue weighted by Gasteiger charge is -2.16. The lowest BCUT2D eigenvalue weighted by molar-refractivity contribution is -0.991. The predicted octanol–water partition coefficient (Wildman–Crippen LogP) is 2.72. The summed E-state index contributed by atoms with van der Waals surface area (Å²) in [7, 11) is 0. The van der Waals surface area contributed by atoms with Crippen LogP contribution in [0.1, 0.15) is 12.5 Å². The van der Waals surface area contributed by atoms with E-state index in [0.717, 1.165) is 16.6 Å². The van der Waals surface area contributed by atoms with Crippen LogP contribution in [0.5, 0.6) is 5.75 Å². The molecule has 2 aromatic heterocycles. The van der Waals surface area contributed by atoms with Gasteiger partial charge in [0.05, 0.1) is 6.61 Å². The van der Waals surface area contributed by atoms with E-state index in [4.69, 9.17) is 4.74 Å². The number of aromatic nitrogens is 1. The number of hydrogen-bond donors (Lipinski definition) is 2. The fourth-order valence-electron chi connectivity index (χ4n) is 2.54. The molecule has 5 heteroatoms. The maximum absolute atomic E-state index is 11.4. The van der Waals surface area contributed by atoms with Crippen molar-refractivity contribution in [2.45, 2.75) is 13.8 Å². The number of ether oxygens (including phenoxy) is 1. The molecule has 0 aliphatic heterocycles. The molecule has 3 aromatic rings. The topological polar surface area (TPSA) is 61.4 Å². The van der Waals surface area contributed by atoms with Gasteiger partial charge in [-0.1, -0.05) is 12.1 Å². The summed E-state index contributed by atoms with van der Waals surface area (Å²) in [6.45, 7) is 4.32. The third-order valence-corrected chi connectivity index (χ3v) is 3.58. The average molecular weight is 298 g/mol. The number of quaternary nitrogens is 1. The van der Waals surface area contributed by atoms with Gasteiger partial charge in [0, 0.05) is 29.5 Å². The van der Waals surface area contributed by atoms with Crippen molar-refractivity contribution in [2.75, 3.05) is 6.61 Å². The second-order valence-corrected chi connectivity index (χ2v) is 5.22. The van der Waals surface area contributed by atoms with Gasteiger partial charge in [0.1, 0.15) is 0 Å². The molecular weight excluding hydrogens is 280 g/mol. The minimum atomic E-state index is -0.982. The summed E-state index contributed by atoms with van der Waals surface area (Å²) < 4.78 is 7.42. The quantitative estimate of drug-likeness (QED) is 0.728. The molecule has 1 atom stereocenters. The number of benzene rings is 1. The van der Waals surface area contributed by atoms with Crippen molar-refractivity contribution in [3.05, 3.63) is 59.6 Å². The van der Waals surface area contributed by atoms with Crippen LogP contribution in [0.25, 0.3) is 16.6 Å². The molecule has 0 aliphatic rings. The van der Waals surface area contributed by atoms with E-state index >= 15 is 0 Å². The molecule has 0 saturated carbocycles. The summed E-state index contributed by atoms with van der Waals surface area (Å²) in [6.07, 6.45) is 4.05. The molecule has 5 nitrogen and oxygen atoms in total. The maximum atomic E-state index is 11.4. The summed E-state index contributed by atoms with van der Waals surface area (Å²) in [5.41, 5.74) is 4.28. The molecule has 1 aromatic carbocycles. The summed E-state index contributed by atoms with van der Waals surface area (Å²) in [5.74, 6) is 0.401. The van der Waals surface area contributed by atoms with Gasteiger partial charge in [0.25, 0.3) is 0 Å². The highest BCUT2D eigenvalue weighted by Crippen LogP contribution is 2.29. The Morgan fingerprint density at radius 2 is 1.95 bits per heavy atom. The van der Waals surface area contributed by atoms with Gasteiger partial charge in [-0.05, 0) is 43.2 Å². The predicted molar refractivity (Wildman–Crippen MR) is 84.5 cm³/mol. The molecule has 0 bridgehead atoms. The minimum Gasteiger partial charge on any atom is -0.595 e. The smallest absolute Gasteiger partial charge is 0.206 e. The molecule has 0 radical (unpaired) electrons. The van der Waals surface area contributed by atoms with E-state index in [9.17, 15) is 10.4 Å². The number of nitrogens with zero attached hydrogens (tertiary/aromatic N) is 1. The Bertz CT molecular complexity index is 809. The molecule has 114 valence electrons. The molecule has 1 unspecified atom stereocenters. The molecule has 2 N–H and O–H groups in total. The van der Waals surface area contributed by atoms with Crippen LogP contribution in [0, 0.1) is 12.1 Å². The zero-order valence-electron chi connectivity index (χ0n) is 12.5. The Balaban J connectivity index is 2.07. The van der Waals surface area contributed by atoms with E-state index < -0.39 is 5.23 Å². The van der Waals surface area contributed by atoms with Gasteiger partial charge in [-0.3, -0.25) is 0 Å². The van der Waals surface area contributed by atoms with Crippen molar-refractivity contribution >= 4 is 11.2 Å². The average Bonchev–Trinajstić information content (AvgIpc) is 2.90. The van der Waals surface area contributed by atoms with Crippen molar-refractivity contribution in [3.8, 4) is 16.9 Å². The van der Waals surface area contributed by atoms with Crippen LogP contribution in [0.2, 0.25) is 0 Å². The van der Waals surface area contributed by atoms with E-state index in [-0.39, 0.29) is 5.69 Å². The second-order valence-electron chi connectivity index (χ2n) is 5.22. The Labute approximate surface area is 128 Å². The third kappa shape index (κ3) is 2.69. The van der Waals surface area contributed by atoms with Crippen LogP contribution in [-0.2, 0) is 0 Å². The Morgan fingerprint density at radius 3 is 2.68 bits per heavy atom. The first-order valence-electron chi connectivity index (χ1n) is 7.17. The SMILES string of the molecule is CCOc1ccc(-c2cc3ccc(C)cn3c2)cc1[NH+]([O-])O. The fourth-order valence-corrected chi connectivity index (χ4v) is 2.54. The highest BCUT2D eigenvalue weighted by molar-refractivity contribution is 5.73. The zero-order chi connectivity index (χ0) is 15.7. The molecule has 22 heavy (non-hydrogen) atoms. The van der Waals surface area contributed by atoms with Crippen LogP contribution in [0.4, 0.5) is 5.69 Å². The van der Waals surface area contributed by atoms with Gasteiger partial charge < -0.3 is 14.3 Å². The van der Waals surface area contributed by atoms with Gasteiger partial charge in [0.15, 0.2) is 5.75 Å². The standard InChI is InChI=1S/C17H18N2O3/c1-3-22-17-7-5-13(9-16(17)19(20)21)14-8-15-6-4-12(2)10-18(15)11-14/h4-11,19-20H,3H2,1-2H3. The first-order valence-corrected chi connectivity index (χ1v) is 7.17. The third-order valence-electron chi connectivity index (χ3n) is 3.58. The fraction of sp³-hybridized carbons (Fsp3) is 0.176. The highest BCUT2D eigenvalue weighted by Gasteiger charge is 2.13. The van der Waals surface area contributed by atoms with Crippen LogP contribution >= 0.6 is 0 Å². The van der Waals surface area contributed by atoms with Gasteiger partial charge >= 0.3 is 0 Å². The van der Waals surface area contributed by atoms with E-state index in [0.29, 0.717) is 12.4 Å². The number of rotatable bonds is 4. The molecule has 0 aliphatic carbocycles. The van der Waals surface area contributed by atoms with E-state index in [1.165, 1.54) is 5.56 Å². The summed E-state index contributed by atoms with van der Waals surface area (Å²) in [4.78, 5) is 0. The van der Waals surface area contributed by atoms with Crippen molar-refractivity contribution < 1.29 is 15.2 Å². The van der Waals surface area contributed by atoms with Crippen molar-refractivity contribution in [1.29, 1.82) is 0 Å². The number of hydrogen-bond acceptors (Lipinski definition) is 3. The lowest BCUT2D eigenvalue weighted by atomic mass is 10.1. The van der Waals surface area contributed by atoms with Crippen molar-refractivity contribution in [3.63, 3.8) is 0 Å². The zero-order valence-corrected chi connectivity index (χ0v) is 12.5. The van der Waals surface area contributed by atoms with Crippen molar-refractivity contribution in [1.82, 2.24) is 4.40 Å².